The van der Waals surface area contributed by atoms with Crippen molar-refractivity contribution in [2.24, 2.45) is 0 Å². The van der Waals surface area contributed by atoms with Gasteiger partial charge in [-0.05, 0) is 17.9 Å². The van der Waals surface area contributed by atoms with Crippen LogP contribution in [0.2, 0.25) is 13.1 Å². The quantitative estimate of drug-likeness (QED) is 0.743. The molecule has 1 aromatic carbocycles. The van der Waals surface area contributed by atoms with Crippen molar-refractivity contribution in [1.82, 2.24) is 0 Å². The SMILES string of the molecule is C[Si](C)(c1ccccc1)C1SCCCS1. The molecule has 0 radical (unpaired) electrons. The molecule has 0 spiro atoms. The first-order valence-corrected chi connectivity index (χ1v) is 10.7. The van der Waals surface area contributed by atoms with Crippen LogP contribution in [-0.4, -0.2) is 23.8 Å². The summed E-state index contributed by atoms with van der Waals surface area (Å²) in [5, 5.41) is 1.61. The summed E-state index contributed by atoms with van der Waals surface area (Å²) in [7, 11) is -1.25. The summed E-state index contributed by atoms with van der Waals surface area (Å²) in [5.41, 5.74) is 0. The highest BCUT2D eigenvalue weighted by molar-refractivity contribution is 8.20. The fourth-order valence-corrected chi connectivity index (χ4v) is 10.3. The van der Waals surface area contributed by atoms with Gasteiger partial charge in [0.05, 0.1) is 0 Å². The van der Waals surface area contributed by atoms with Gasteiger partial charge in [-0.3, -0.25) is 0 Å². The molecule has 0 aliphatic carbocycles. The van der Waals surface area contributed by atoms with Crippen molar-refractivity contribution >= 4 is 36.8 Å². The van der Waals surface area contributed by atoms with Crippen molar-refractivity contribution in [3.8, 4) is 0 Å². The number of hydrogen-bond acceptors (Lipinski definition) is 2. The van der Waals surface area contributed by atoms with Crippen LogP contribution in [0.25, 0.3) is 0 Å². The Morgan fingerprint density at radius 3 is 2.27 bits per heavy atom. The fourth-order valence-electron chi connectivity index (χ4n) is 1.91. The van der Waals surface area contributed by atoms with Crippen LogP contribution in [0, 0.1) is 0 Å². The molecule has 2 rings (SSSR count). The van der Waals surface area contributed by atoms with Crippen LogP contribution in [-0.2, 0) is 0 Å². The van der Waals surface area contributed by atoms with Gasteiger partial charge in [0.1, 0.15) is 8.07 Å². The summed E-state index contributed by atoms with van der Waals surface area (Å²) in [6.45, 7) is 5.02. The monoisotopic (exact) mass is 254 g/mol. The molecule has 3 heteroatoms. The summed E-state index contributed by atoms with van der Waals surface area (Å²) >= 11 is 4.38. The molecule has 0 unspecified atom stereocenters. The third kappa shape index (κ3) is 2.63. The van der Waals surface area contributed by atoms with E-state index in [1.165, 1.54) is 17.9 Å². The van der Waals surface area contributed by atoms with E-state index >= 15 is 0 Å². The van der Waals surface area contributed by atoms with Gasteiger partial charge in [-0.25, -0.2) is 0 Å². The van der Waals surface area contributed by atoms with Crippen LogP contribution in [0.1, 0.15) is 6.42 Å². The Morgan fingerprint density at radius 1 is 1.07 bits per heavy atom. The van der Waals surface area contributed by atoms with Crippen molar-refractivity contribution < 1.29 is 0 Å². The Morgan fingerprint density at radius 2 is 1.67 bits per heavy atom. The molecule has 1 fully saturated rings. The van der Waals surface area contributed by atoms with E-state index < -0.39 is 8.07 Å². The Labute approximate surface area is 102 Å². The zero-order chi connectivity index (χ0) is 10.7. The van der Waals surface area contributed by atoms with Crippen molar-refractivity contribution in [3.63, 3.8) is 0 Å². The molecule has 1 heterocycles. The zero-order valence-corrected chi connectivity index (χ0v) is 12.0. The molecule has 0 saturated carbocycles. The highest BCUT2D eigenvalue weighted by Gasteiger charge is 2.35. The van der Waals surface area contributed by atoms with Gasteiger partial charge >= 0.3 is 0 Å². The molecule has 1 aliphatic heterocycles. The average Bonchev–Trinajstić information content (AvgIpc) is 2.31. The molecule has 0 nitrogen and oxygen atoms in total. The number of benzene rings is 1. The van der Waals surface area contributed by atoms with E-state index in [0.29, 0.717) is 0 Å². The van der Waals surface area contributed by atoms with Gasteiger partial charge < -0.3 is 0 Å². The number of thioether (sulfide) groups is 2. The lowest BCUT2D eigenvalue weighted by Crippen LogP contribution is -2.50. The second-order valence-corrected chi connectivity index (χ2v) is 12.7. The van der Waals surface area contributed by atoms with Gasteiger partial charge in [0, 0.05) is 4.21 Å². The minimum atomic E-state index is -1.25. The smallest absolute Gasteiger partial charge is 0.106 e. The van der Waals surface area contributed by atoms with E-state index in [9.17, 15) is 0 Å². The molecule has 0 amide bonds. The minimum Gasteiger partial charge on any atom is -0.151 e. The summed E-state index contributed by atoms with van der Waals surface area (Å²) in [6.07, 6.45) is 1.39. The van der Waals surface area contributed by atoms with Gasteiger partial charge in [-0.1, -0.05) is 48.6 Å². The van der Waals surface area contributed by atoms with E-state index in [4.69, 9.17) is 0 Å². The Hall–Kier alpha value is 0.137. The van der Waals surface area contributed by atoms with E-state index in [-0.39, 0.29) is 0 Å². The van der Waals surface area contributed by atoms with Gasteiger partial charge in [0.15, 0.2) is 0 Å². The molecule has 0 aromatic heterocycles. The van der Waals surface area contributed by atoms with Crippen LogP contribution >= 0.6 is 23.5 Å². The molecule has 15 heavy (non-hydrogen) atoms. The summed E-state index contributed by atoms with van der Waals surface area (Å²) < 4.78 is 0.855. The molecule has 1 aliphatic rings. The number of rotatable bonds is 2. The van der Waals surface area contributed by atoms with E-state index in [1.807, 2.05) is 0 Å². The Bertz CT molecular complexity index is 305. The highest BCUT2D eigenvalue weighted by atomic mass is 32.2. The zero-order valence-electron chi connectivity index (χ0n) is 9.40. The van der Waals surface area contributed by atoms with Crippen LogP contribution < -0.4 is 5.19 Å². The Kier molecular flexibility index (Phi) is 3.86. The topological polar surface area (TPSA) is 0 Å². The van der Waals surface area contributed by atoms with Crippen molar-refractivity contribution in [3.05, 3.63) is 30.3 Å². The second-order valence-electron chi connectivity index (χ2n) is 4.51. The molecule has 0 atom stereocenters. The van der Waals surface area contributed by atoms with Gasteiger partial charge in [0.2, 0.25) is 0 Å². The first-order valence-electron chi connectivity index (χ1n) is 5.50. The van der Waals surface area contributed by atoms with E-state index in [2.05, 4.69) is 66.9 Å². The van der Waals surface area contributed by atoms with E-state index in [1.54, 1.807) is 5.19 Å². The maximum absolute atomic E-state index is 2.51. The molecule has 1 saturated heterocycles. The first-order chi connectivity index (χ1) is 7.21. The van der Waals surface area contributed by atoms with Gasteiger partial charge in [-0.15, -0.1) is 0 Å². The molecular formula is C12H18S2Si. The number of hydrogen-bond donors (Lipinski definition) is 0. The summed E-state index contributed by atoms with van der Waals surface area (Å²) in [4.78, 5) is 0. The van der Waals surface area contributed by atoms with Crippen molar-refractivity contribution in [2.75, 3.05) is 11.5 Å². The molecule has 82 valence electrons. The van der Waals surface area contributed by atoms with Gasteiger partial charge in [0.25, 0.3) is 0 Å². The third-order valence-corrected chi connectivity index (χ3v) is 12.9. The van der Waals surface area contributed by atoms with Crippen LogP contribution in [0.15, 0.2) is 30.3 Å². The average molecular weight is 254 g/mol. The van der Waals surface area contributed by atoms with E-state index in [0.717, 1.165) is 4.21 Å². The van der Waals surface area contributed by atoms with Crippen molar-refractivity contribution in [1.29, 1.82) is 0 Å². The highest BCUT2D eigenvalue weighted by Crippen LogP contribution is 2.36. The molecule has 1 aromatic rings. The predicted octanol–water partition coefficient (Wildman–Crippen LogP) is 3.34. The third-order valence-electron chi connectivity index (χ3n) is 2.93. The second kappa shape index (κ2) is 4.98. The standard InChI is InChI=1S/C12H18S2Si/c1-15(2,11-7-4-3-5-8-11)12-13-9-6-10-14-12/h3-5,7-8,12H,6,9-10H2,1-2H3. The van der Waals surface area contributed by atoms with Crippen LogP contribution in [0.5, 0.6) is 0 Å². The predicted molar refractivity (Wildman–Crippen MR) is 76.9 cm³/mol. The largest absolute Gasteiger partial charge is 0.151 e. The van der Waals surface area contributed by atoms with Crippen molar-refractivity contribution in [2.45, 2.75) is 23.7 Å². The summed E-state index contributed by atoms with van der Waals surface area (Å²) in [6, 6.07) is 11.1. The fraction of sp³-hybridized carbons (Fsp3) is 0.500. The normalized spacial score (nSPS) is 19.1. The lowest BCUT2D eigenvalue weighted by atomic mass is 10.4. The maximum Gasteiger partial charge on any atom is 0.106 e. The van der Waals surface area contributed by atoms with Gasteiger partial charge in [-0.2, -0.15) is 23.5 Å². The Balaban J connectivity index is 2.18. The molecule has 0 N–H and O–H groups in total. The summed E-state index contributed by atoms with van der Waals surface area (Å²) in [5.74, 6) is 2.72. The van der Waals surface area contributed by atoms with Crippen LogP contribution in [0.4, 0.5) is 0 Å². The molecule has 0 bridgehead atoms. The first kappa shape index (κ1) is 11.6. The lowest BCUT2D eigenvalue weighted by Gasteiger charge is -2.34. The lowest BCUT2D eigenvalue weighted by molar-refractivity contribution is 1.11. The molecular weight excluding hydrogens is 236 g/mol. The van der Waals surface area contributed by atoms with Crippen LogP contribution in [0.3, 0.4) is 0 Å². The minimum absolute atomic E-state index is 0.855. The maximum atomic E-state index is 2.51.